The number of halogens is 10. The standard InChI is InChI=1S/C13H5Cl2F8NS2/c1-4-10(26-13(22,23)12(19,20)21)25-9(24-4)8-6(14)2-5(3-7(8)15)11(16,17)18/h2-3H,1H3. The third-order valence-electron chi connectivity index (χ3n) is 2.89. The molecular formula is C13H5Cl2F8NS2. The topological polar surface area (TPSA) is 12.9 Å². The third kappa shape index (κ3) is 4.37. The van der Waals surface area contributed by atoms with E-state index < -0.39 is 49.2 Å². The van der Waals surface area contributed by atoms with Crippen LogP contribution < -0.4 is 0 Å². The van der Waals surface area contributed by atoms with Crippen LogP contribution in [0, 0.1) is 6.92 Å². The maximum atomic E-state index is 13.2. The van der Waals surface area contributed by atoms with Gasteiger partial charge < -0.3 is 0 Å². The summed E-state index contributed by atoms with van der Waals surface area (Å²) in [5.41, 5.74) is -1.48. The molecule has 0 aliphatic heterocycles. The van der Waals surface area contributed by atoms with Crippen LogP contribution in [-0.2, 0) is 6.18 Å². The Balaban J connectivity index is 2.47. The highest BCUT2D eigenvalue weighted by atomic mass is 35.5. The van der Waals surface area contributed by atoms with Crippen molar-refractivity contribution in [1.29, 1.82) is 0 Å². The number of alkyl halides is 8. The molecule has 13 heteroatoms. The Morgan fingerprint density at radius 3 is 1.88 bits per heavy atom. The maximum absolute atomic E-state index is 13.2. The van der Waals surface area contributed by atoms with Gasteiger partial charge in [-0.3, -0.25) is 0 Å². The van der Waals surface area contributed by atoms with Crippen molar-refractivity contribution in [3.05, 3.63) is 33.4 Å². The van der Waals surface area contributed by atoms with E-state index >= 15 is 0 Å². The van der Waals surface area contributed by atoms with Crippen molar-refractivity contribution < 1.29 is 35.1 Å². The van der Waals surface area contributed by atoms with Crippen molar-refractivity contribution in [2.45, 2.75) is 28.7 Å². The molecule has 26 heavy (non-hydrogen) atoms. The first kappa shape index (κ1) is 21.5. The fourth-order valence-corrected chi connectivity index (χ4v) is 4.61. The van der Waals surface area contributed by atoms with Gasteiger partial charge in [0, 0.05) is 5.56 Å². The van der Waals surface area contributed by atoms with E-state index in [0.29, 0.717) is 23.5 Å². The minimum Gasteiger partial charge on any atom is -0.240 e. The van der Waals surface area contributed by atoms with E-state index in [1.807, 2.05) is 0 Å². The highest BCUT2D eigenvalue weighted by Gasteiger charge is 2.59. The van der Waals surface area contributed by atoms with Gasteiger partial charge in [0.1, 0.15) is 5.01 Å². The second-order valence-electron chi connectivity index (χ2n) is 4.82. The normalized spacial score (nSPS) is 13.3. The maximum Gasteiger partial charge on any atom is 0.464 e. The van der Waals surface area contributed by atoms with Crippen LogP contribution in [0.4, 0.5) is 35.1 Å². The Kier molecular flexibility index (Phi) is 5.79. The van der Waals surface area contributed by atoms with Gasteiger partial charge in [0.05, 0.1) is 25.5 Å². The van der Waals surface area contributed by atoms with Crippen molar-refractivity contribution >= 4 is 46.3 Å². The molecule has 2 rings (SSSR count). The molecule has 2 aromatic rings. The Labute approximate surface area is 159 Å². The largest absolute Gasteiger partial charge is 0.464 e. The molecule has 1 heterocycles. The molecule has 0 N–H and O–H groups in total. The molecule has 0 fully saturated rings. The molecule has 1 aromatic heterocycles. The summed E-state index contributed by atoms with van der Waals surface area (Å²) in [4.78, 5) is 3.81. The quantitative estimate of drug-likeness (QED) is 0.343. The van der Waals surface area contributed by atoms with Crippen LogP contribution in [0.3, 0.4) is 0 Å². The predicted octanol–water partition coefficient (Wildman–Crippen LogP) is 7.69. The van der Waals surface area contributed by atoms with Gasteiger partial charge in [0.25, 0.3) is 0 Å². The average Bonchev–Trinajstić information content (AvgIpc) is 2.75. The summed E-state index contributed by atoms with van der Waals surface area (Å²) >= 11 is 11.2. The zero-order valence-electron chi connectivity index (χ0n) is 12.2. The molecule has 1 aromatic carbocycles. The molecule has 0 spiro atoms. The van der Waals surface area contributed by atoms with Crippen LogP contribution in [0.2, 0.25) is 10.0 Å². The van der Waals surface area contributed by atoms with E-state index in [9.17, 15) is 35.1 Å². The summed E-state index contributed by atoms with van der Waals surface area (Å²) in [6.07, 6.45) is -10.5. The Morgan fingerprint density at radius 2 is 1.46 bits per heavy atom. The first-order chi connectivity index (χ1) is 11.6. The van der Waals surface area contributed by atoms with Gasteiger partial charge >= 0.3 is 17.6 Å². The number of hydrogen-bond donors (Lipinski definition) is 0. The van der Waals surface area contributed by atoms with Gasteiger partial charge in [-0.15, -0.1) is 11.3 Å². The van der Waals surface area contributed by atoms with Crippen LogP contribution in [0.25, 0.3) is 10.6 Å². The number of rotatable bonds is 3. The number of nitrogens with zero attached hydrogens (tertiary/aromatic N) is 1. The number of aromatic nitrogens is 1. The van der Waals surface area contributed by atoms with Crippen molar-refractivity contribution in [3.63, 3.8) is 0 Å². The first-order valence-electron chi connectivity index (χ1n) is 6.31. The van der Waals surface area contributed by atoms with E-state index in [1.165, 1.54) is 6.92 Å². The molecule has 144 valence electrons. The van der Waals surface area contributed by atoms with Crippen molar-refractivity contribution in [3.8, 4) is 10.6 Å². The highest BCUT2D eigenvalue weighted by molar-refractivity contribution is 8.02. The summed E-state index contributed by atoms with van der Waals surface area (Å²) in [6.45, 7) is 1.18. The molecule has 0 radical (unpaired) electrons. The van der Waals surface area contributed by atoms with Crippen molar-refractivity contribution in [1.82, 2.24) is 4.98 Å². The lowest BCUT2D eigenvalue weighted by atomic mass is 10.1. The zero-order valence-corrected chi connectivity index (χ0v) is 15.3. The van der Waals surface area contributed by atoms with Crippen LogP contribution in [-0.4, -0.2) is 16.4 Å². The molecular weight excluding hydrogens is 457 g/mol. The number of hydrogen-bond acceptors (Lipinski definition) is 3. The number of benzene rings is 1. The predicted molar refractivity (Wildman–Crippen MR) is 84.2 cm³/mol. The number of aryl methyl sites for hydroxylation is 1. The number of thiazole rings is 1. The minimum atomic E-state index is -5.78. The van der Waals surface area contributed by atoms with Gasteiger partial charge in [0.2, 0.25) is 0 Å². The van der Waals surface area contributed by atoms with Crippen LogP contribution >= 0.6 is 46.3 Å². The van der Waals surface area contributed by atoms with Gasteiger partial charge in [0.15, 0.2) is 0 Å². The van der Waals surface area contributed by atoms with Gasteiger partial charge in [-0.1, -0.05) is 23.2 Å². The molecule has 0 amide bonds. The monoisotopic (exact) mass is 461 g/mol. The van der Waals surface area contributed by atoms with Crippen LogP contribution in [0.1, 0.15) is 11.3 Å². The molecule has 1 nitrogen and oxygen atoms in total. The summed E-state index contributed by atoms with van der Waals surface area (Å²) in [5.74, 6) is 0. The van der Waals surface area contributed by atoms with Crippen LogP contribution in [0.15, 0.2) is 16.3 Å². The van der Waals surface area contributed by atoms with Crippen molar-refractivity contribution in [2.24, 2.45) is 0 Å². The Hall–Kier alpha value is -0.780. The summed E-state index contributed by atoms with van der Waals surface area (Å²) in [5, 5.41) is -6.16. The van der Waals surface area contributed by atoms with E-state index in [-0.39, 0.29) is 16.3 Å². The zero-order chi connectivity index (χ0) is 20.1. The van der Waals surface area contributed by atoms with E-state index in [4.69, 9.17) is 23.2 Å². The van der Waals surface area contributed by atoms with E-state index in [0.717, 1.165) is 0 Å². The molecule has 0 atom stereocenters. The number of thioether (sulfide) groups is 1. The molecule has 0 bridgehead atoms. The second kappa shape index (κ2) is 6.99. The van der Waals surface area contributed by atoms with Crippen LogP contribution in [0.5, 0.6) is 0 Å². The molecule has 0 unspecified atom stereocenters. The molecule has 0 saturated heterocycles. The Bertz CT molecular complexity index is 806. The smallest absolute Gasteiger partial charge is 0.240 e. The summed E-state index contributed by atoms with van der Waals surface area (Å²) in [6, 6.07) is 1.13. The molecule has 0 aliphatic carbocycles. The SMILES string of the molecule is Cc1nc(-c2c(Cl)cc(C(F)(F)F)cc2Cl)sc1SC(F)(F)C(F)(F)F. The summed E-state index contributed by atoms with van der Waals surface area (Å²) in [7, 11) is 0. The summed E-state index contributed by atoms with van der Waals surface area (Å²) < 4.78 is 101. The Morgan fingerprint density at radius 1 is 0.962 bits per heavy atom. The van der Waals surface area contributed by atoms with E-state index in [2.05, 4.69) is 4.98 Å². The first-order valence-corrected chi connectivity index (χ1v) is 8.70. The van der Waals surface area contributed by atoms with Gasteiger partial charge in [-0.25, -0.2) is 4.98 Å². The second-order valence-corrected chi connectivity index (χ2v) is 8.02. The third-order valence-corrected chi connectivity index (χ3v) is 5.92. The fourth-order valence-electron chi connectivity index (χ4n) is 1.70. The highest BCUT2D eigenvalue weighted by Crippen LogP contribution is 2.51. The lowest BCUT2D eigenvalue weighted by Gasteiger charge is -2.17. The minimum absolute atomic E-state index is 0.161. The van der Waals surface area contributed by atoms with Gasteiger partial charge in [-0.05, 0) is 30.8 Å². The fraction of sp³-hybridized carbons (Fsp3) is 0.308. The lowest BCUT2D eigenvalue weighted by Crippen LogP contribution is -2.32. The van der Waals surface area contributed by atoms with Crippen molar-refractivity contribution in [2.75, 3.05) is 0 Å². The average molecular weight is 462 g/mol. The molecule has 0 saturated carbocycles. The lowest BCUT2D eigenvalue weighted by molar-refractivity contribution is -0.237. The molecule has 0 aliphatic rings. The van der Waals surface area contributed by atoms with Gasteiger partial charge in [-0.2, -0.15) is 35.1 Å². The van der Waals surface area contributed by atoms with E-state index in [1.54, 1.807) is 0 Å².